The number of pyridine rings is 1. The number of rotatable bonds is 5. The molecule has 1 aliphatic heterocycles. The van der Waals surface area contributed by atoms with Crippen molar-refractivity contribution < 1.29 is 14.3 Å². The number of carbonyl (C=O) groups excluding carboxylic acids is 2. The first-order valence-corrected chi connectivity index (χ1v) is 9.85. The van der Waals surface area contributed by atoms with E-state index in [0.29, 0.717) is 19.0 Å². The molecule has 2 aromatic heterocycles. The van der Waals surface area contributed by atoms with E-state index in [-0.39, 0.29) is 19.1 Å². The summed E-state index contributed by atoms with van der Waals surface area (Å²) in [5.74, 6) is 0.321. The van der Waals surface area contributed by atoms with Crippen molar-refractivity contribution in [1.82, 2.24) is 20.2 Å². The van der Waals surface area contributed by atoms with E-state index in [9.17, 15) is 9.59 Å². The largest absolute Gasteiger partial charge is 0.445 e. The highest BCUT2D eigenvalue weighted by molar-refractivity contribution is 5.82. The van der Waals surface area contributed by atoms with Gasteiger partial charge in [0.15, 0.2) is 0 Å². The molecule has 3 heterocycles. The number of ether oxygens (including phenoxy) is 1. The molecule has 1 aromatic carbocycles. The van der Waals surface area contributed by atoms with Crippen LogP contribution < -0.4 is 5.32 Å². The SMILES string of the molecule is O=C(NCC(=O)N1CCC(c2c[nH]c3ncccc23)CC1)OCc1ccccc1. The van der Waals surface area contributed by atoms with E-state index in [4.69, 9.17) is 4.74 Å². The summed E-state index contributed by atoms with van der Waals surface area (Å²) in [6, 6.07) is 13.5. The normalized spacial score (nSPS) is 14.7. The summed E-state index contributed by atoms with van der Waals surface area (Å²) in [4.78, 5) is 33.6. The van der Waals surface area contributed by atoms with Crippen LogP contribution in [0.3, 0.4) is 0 Å². The average molecular weight is 392 g/mol. The molecule has 150 valence electrons. The molecule has 7 nitrogen and oxygen atoms in total. The number of nitrogens with zero attached hydrogens (tertiary/aromatic N) is 2. The van der Waals surface area contributed by atoms with Crippen LogP contribution in [0.1, 0.15) is 29.9 Å². The van der Waals surface area contributed by atoms with Crippen LogP contribution in [0.25, 0.3) is 11.0 Å². The summed E-state index contributed by atoms with van der Waals surface area (Å²) in [5.41, 5.74) is 3.07. The van der Waals surface area contributed by atoms with Gasteiger partial charge in [0.25, 0.3) is 0 Å². The number of hydrogen-bond acceptors (Lipinski definition) is 4. The van der Waals surface area contributed by atoms with E-state index in [1.165, 1.54) is 5.56 Å². The number of aromatic nitrogens is 2. The first-order chi connectivity index (χ1) is 14.2. The van der Waals surface area contributed by atoms with Gasteiger partial charge in [0.05, 0.1) is 0 Å². The molecule has 0 unspecified atom stereocenters. The van der Waals surface area contributed by atoms with Crippen LogP contribution in [0.5, 0.6) is 0 Å². The Morgan fingerprint density at radius 1 is 1.14 bits per heavy atom. The molecule has 0 spiro atoms. The minimum atomic E-state index is -0.580. The molecule has 0 radical (unpaired) electrons. The number of H-pyrrole nitrogens is 1. The van der Waals surface area contributed by atoms with E-state index < -0.39 is 6.09 Å². The molecule has 0 bridgehead atoms. The molecule has 29 heavy (non-hydrogen) atoms. The van der Waals surface area contributed by atoms with Crippen molar-refractivity contribution in [3.8, 4) is 0 Å². The predicted octanol–water partition coefficient (Wildman–Crippen LogP) is 3.20. The molecule has 1 fully saturated rings. The van der Waals surface area contributed by atoms with Gasteiger partial charge in [-0.05, 0) is 42.0 Å². The van der Waals surface area contributed by atoms with E-state index in [2.05, 4.69) is 21.4 Å². The zero-order valence-electron chi connectivity index (χ0n) is 16.1. The lowest BCUT2D eigenvalue weighted by molar-refractivity contribution is -0.131. The number of hydrogen-bond donors (Lipinski definition) is 2. The lowest BCUT2D eigenvalue weighted by Crippen LogP contribution is -2.43. The predicted molar refractivity (Wildman–Crippen MR) is 109 cm³/mol. The molecule has 2 N–H and O–H groups in total. The Kier molecular flexibility index (Phi) is 5.74. The lowest BCUT2D eigenvalue weighted by Gasteiger charge is -2.32. The number of alkyl carbamates (subject to hydrolysis) is 1. The molecule has 1 saturated heterocycles. The summed E-state index contributed by atoms with van der Waals surface area (Å²) in [6.45, 7) is 1.50. The highest BCUT2D eigenvalue weighted by Gasteiger charge is 2.25. The number of benzene rings is 1. The van der Waals surface area contributed by atoms with Gasteiger partial charge in [0.2, 0.25) is 5.91 Å². The van der Waals surface area contributed by atoms with Gasteiger partial charge in [-0.3, -0.25) is 4.79 Å². The quantitative estimate of drug-likeness (QED) is 0.698. The van der Waals surface area contributed by atoms with Crippen molar-refractivity contribution in [3.63, 3.8) is 0 Å². The second-order valence-electron chi connectivity index (χ2n) is 7.21. The van der Waals surface area contributed by atoms with E-state index in [0.717, 1.165) is 29.4 Å². The minimum absolute atomic E-state index is 0.0463. The van der Waals surface area contributed by atoms with Gasteiger partial charge in [-0.25, -0.2) is 9.78 Å². The summed E-state index contributed by atoms with van der Waals surface area (Å²) in [7, 11) is 0. The summed E-state index contributed by atoms with van der Waals surface area (Å²) < 4.78 is 5.14. The zero-order valence-corrected chi connectivity index (χ0v) is 16.1. The van der Waals surface area contributed by atoms with Gasteiger partial charge in [0, 0.05) is 30.9 Å². The number of fused-ring (bicyclic) bond motifs is 1. The maximum atomic E-state index is 12.4. The molecule has 0 atom stereocenters. The fraction of sp³-hybridized carbons (Fsp3) is 0.318. The number of aromatic amines is 1. The van der Waals surface area contributed by atoms with Crippen LogP contribution in [0, 0.1) is 0 Å². The van der Waals surface area contributed by atoms with Crippen LogP contribution in [0.2, 0.25) is 0 Å². The average Bonchev–Trinajstić information content (AvgIpc) is 3.21. The minimum Gasteiger partial charge on any atom is -0.445 e. The third-order valence-electron chi connectivity index (χ3n) is 5.37. The molecule has 7 heteroatoms. The first kappa shape index (κ1) is 19.0. The number of piperidine rings is 1. The topological polar surface area (TPSA) is 87.3 Å². The Labute approximate surface area is 169 Å². The summed E-state index contributed by atoms with van der Waals surface area (Å²) >= 11 is 0. The standard InChI is InChI=1S/C22H24N4O3/c27-20(14-25-22(28)29-15-16-5-2-1-3-6-16)26-11-8-17(9-12-26)19-13-24-21-18(19)7-4-10-23-21/h1-7,10,13,17H,8-9,11-12,14-15H2,(H,23,24)(H,25,28). The Bertz CT molecular complexity index is 978. The smallest absolute Gasteiger partial charge is 0.407 e. The number of likely N-dealkylation sites (tertiary alicyclic amines) is 1. The molecule has 4 rings (SSSR count). The Hall–Kier alpha value is -3.35. The first-order valence-electron chi connectivity index (χ1n) is 9.85. The third-order valence-corrected chi connectivity index (χ3v) is 5.37. The molecule has 0 saturated carbocycles. The number of nitrogens with one attached hydrogen (secondary N) is 2. The molecule has 0 aliphatic carbocycles. The van der Waals surface area contributed by atoms with Crippen LogP contribution in [-0.2, 0) is 16.1 Å². The second kappa shape index (κ2) is 8.77. The maximum absolute atomic E-state index is 12.4. The van der Waals surface area contributed by atoms with Gasteiger partial charge in [-0.1, -0.05) is 30.3 Å². The Balaban J connectivity index is 1.22. The van der Waals surface area contributed by atoms with Gasteiger partial charge in [-0.2, -0.15) is 0 Å². The van der Waals surface area contributed by atoms with Crippen LogP contribution >= 0.6 is 0 Å². The van der Waals surface area contributed by atoms with Gasteiger partial charge < -0.3 is 19.9 Å². The molecule has 3 aromatic rings. The highest BCUT2D eigenvalue weighted by Crippen LogP contribution is 2.32. The highest BCUT2D eigenvalue weighted by atomic mass is 16.5. The van der Waals surface area contributed by atoms with E-state index >= 15 is 0 Å². The van der Waals surface area contributed by atoms with Crippen LogP contribution in [0.15, 0.2) is 54.9 Å². The Morgan fingerprint density at radius 3 is 2.72 bits per heavy atom. The maximum Gasteiger partial charge on any atom is 0.407 e. The van der Waals surface area contributed by atoms with Crippen LogP contribution in [-0.4, -0.2) is 46.5 Å². The van der Waals surface area contributed by atoms with E-state index in [1.54, 1.807) is 11.1 Å². The monoisotopic (exact) mass is 392 g/mol. The number of carbonyl (C=O) groups is 2. The van der Waals surface area contributed by atoms with Crippen molar-refractivity contribution in [2.45, 2.75) is 25.4 Å². The summed E-state index contributed by atoms with van der Waals surface area (Å²) in [5, 5.41) is 3.70. The number of amides is 2. The van der Waals surface area contributed by atoms with Crippen molar-refractivity contribution in [2.24, 2.45) is 0 Å². The van der Waals surface area contributed by atoms with E-state index in [1.807, 2.05) is 42.6 Å². The fourth-order valence-corrected chi connectivity index (χ4v) is 3.79. The third kappa shape index (κ3) is 4.56. The lowest BCUT2D eigenvalue weighted by atomic mass is 9.89. The van der Waals surface area contributed by atoms with Gasteiger partial charge in [0.1, 0.15) is 18.8 Å². The van der Waals surface area contributed by atoms with Crippen molar-refractivity contribution in [2.75, 3.05) is 19.6 Å². The van der Waals surface area contributed by atoms with Gasteiger partial charge in [-0.15, -0.1) is 0 Å². The molecule has 2 amide bonds. The van der Waals surface area contributed by atoms with Crippen molar-refractivity contribution >= 4 is 23.0 Å². The summed E-state index contributed by atoms with van der Waals surface area (Å²) in [6.07, 6.45) is 5.02. The Morgan fingerprint density at radius 2 is 1.93 bits per heavy atom. The van der Waals surface area contributed by atoms with Crippen molar-refractivity contribution in [3.05, 3.63) is 66.0 Å². The van der Waals surface area contributed by atoms with Crippen LogP contribution in [0.4, 0.5) is 4.79 Å². The zero-order chi connectivity index (χ0) is 20.1. The fourth-order valence-electron chi connectivity index (χ4n) is 3.79. The molecular weight excluding hydrogens is 368 g/mol. The van der Waals surface area contributed by atoms with Crippen molar-refractivity contribution in [1.29, 1.82) is 0 Å². The second-order valence-corrected chi connectivity index (χ2v) is 7.21. The molecule has 1 aliphatic rings. The van der Waals surface area contributed by atoms with Gasteiger partial charge >= 0.3 is 6.09 Å². The molecular formula is C22H24N4O3.